The SMILES string of the molecule is CCC(/C=C1\Sc2ccc(O)cc2N1CC)=C\c1sc2ccc(O)cc2[n+]1CC. The number of hydrogen-bond acceptors (Lipinski definition) is 5. The second-order valence-electron chi connectivity index (χ2n) is 6.89. The fourth-order valence-electron chi connectivity index (χ4n) is 3.61. The van der Waals surface area contributed by atoms with Gasteiger partial charge in [-0.15, -0.1) is 0 Å². The van der Waals surface area contributed by atoms with Crippen LogP contribution in [-0.2, 0) is 6.54 Å². The Bertz CT molecular complexity index is 1130. The van der Waals surface area contributed by atoms with Crippen molar-refractivity contribution in [2.45, 2.75) is 38.6 Å². The van der Waals surface area contributed by atoms with E-state index in [0.29, 0.717) is 11.5 Å². The van der Waals surface area contributed by atoms with Crippen LogP contribution in [0.4, 0.5) is 5.69 Å². The van der Waals surface area contributed by atoms with Gasteiger partial charge < -0.3 is 15.1 Å². The molecule has 0 amide bonds. The molecule has 4 nitrogen and oxygen atoms in total. The number of fused-ring (bicyclic) bond motifs is 2. The van der Waals surface area contributed by atoms with Crippen molar-refractivity contribution < 1.29 is 14.8 Å². The molecule has 0 saturated heterocycles. The molecule has 0 unspecified atom stereocenters. The summed E-state index contributed by atoms with van der Waals surface area (Å²) in [6.45, 7) is 8.14. The van der Waals surface area contributed by atoms with Crippen molar-refractivity contribution in [3.63, 3.8) is 0 Å². The van der Waals surface area contributed by atoms with E-state index in [1.54, 1.807) is 35.2 Å². The van der Waals surface area contributed by atoms with Crippen LogP contribution in [0.15, 0.2) is 58.0 Å². The van der Waals surface area contributed by atoms with Crippen LogP contribution in [0.1, 0.15) is 32.2 Å². The third kappa shape index (κ3) is 3.74. The molecule has 150 valence electrons. The van der Waals surface area contributed by atoms with Crippen LogP contribution in [-0.4, -0.2) is 16.8 Å². The number of aromatic hydroxyl groups is 2. The number of aryl methyl sites for hydroxylation is 1. The average molecular weight is 426 g/mol. The summed E-state index contributed by atoms with van der Waals surface area (Å²) in [6, 6.07) is 11.1. The lowest BCUT2D eigenvalue weighted by Crippen LogP contribution is -2.33. The lowest BCUT2D eigenvalue weighted by atomic mass is 10.2. The molecular formula is C23H25N2O2S2+. The Kier molecular flexibility index (Phi) is 5.56. The topological polar surface area (TPSA) is 47.6 Å². The third-order valence-electron chi connectivity index (χ3n) is 5.09. The van der Waals surface area contributed by atoms with Gasteiger partial charge in [0.05, 0.1) is 16.8 Å². The number of benzene rings is 2. The second kappa shape index (κ2) is 8.13. The van der Waals surface area contributed by atoms with Gasteiger partial charge in [-0.1, -0.05) is 30.0 Å². The summed E-state index contributed by atoms with van der Waals surface area (Å²) in [6.07, 6.45) is 5.44. The van der Waals surface area contributed by atoms with Gasteiger partial charge in [0, 0.05) is 23.6 Å². The number of hydrogen-bond donors (Lipinski definition) is 2. The van der Waals surface area contributed by atoms with Crippen LogP contribution in [0, 0.1) is 0 Å². The number of anilines is 1. The van der Waals surface area contributed by atoms with E-state index in [2.05, 4.69) is 42.4 Å². The van der Waals surface area contributed by atoms with E-state index in [9.17, 15) is 10.2 Å². The lowest BCUT2D eigenvalue weighted by molar-refractivity contribution is -0.665. The van der Waals surface area contributed by atoms with Gasteiger partial charge in [-0.25, -0.2) is 0 Å². The quantitative estimate of drug-likeness (QED) is 0.501. The minimum absolute atomic E-state index is 0.299. The molecule has 0 saturated carbocycles. The zero-order valence-corrected chi connectivity index (χ0v) is 18.5. The zero-order valence-electron chi connectivity index (χ0n) is 16.8. The van der Waals surface area contributed by atoms with Crippen LogP contribution in [0.2, 0.25) is 0 Å². The predicted molar refractivity (Wildman–Crippen MR) is 123 cm³/mol. The Morgan fingerprint density at radius 3 is 2.55 bits per heavy atom. The van der Waals surface area contributed by atoms with Crippen molar-refractivity contribution >= 4 is 45.1 Å². The number of allylic oxidation sites excluding steroid dienone is 2. The molecule has 0 bridgehead atoms. The van der Waals surface area contributed by atoms with Crippen LogP contribution in [0.5, 0.6) is 11.5 Å². The molecule has 0 aliphatic carbocycles. The van der Waals surface area contributed by atoms with Crippen LogP contribution in [0.25, 0.3) is 16.3 Å². The maximum Gasteiger partial charge on any atom is 0.263 e. The van der Waals surface area contributed by atoms with Crippen molar-refractivity contribution in [1.82, 2.24) is 0 Å². The number of aromatic nitrogens is 1. The molecule has 6 heteroatoms. The van der Waals surface area contributed by atoms with Crippen molar-refractivity contribution in [3.8, 4) is 11.5 Å². The normalized spacial score (nSPS) is 15.5. The second-order valence-corrected chi connectivity index (χ2v) is 9.01. The Morgan fingerprint density at radius 2 is 1.83 bits per heavy atom. The largest absolute Gasteiger partial charge is 0.508 e. The fraction of sp³-hybridized carbons (Fsp3) is 0.261. The van der Waals surface area contributed by atoms with E-state index >= 15 is 0 Å². The van der Waals surface area contributed by atoms with Crippen molar-refractivity contribution in [3.05, 3.63) is 58.1 Å². The number of thioether (sulfide) groups is 1. The number of phenols is 2. The lowest BCUT2D eigenvalue weighted by Gasteiger charge is -2.18. The fourth-order valence-corrected chi connectivity index (χ4v) is 5.98. The summed E-state index contributed by atoms with van der Waals surface area (Å²) in [4.78, 5) is 3.42. The van der Waals surface area contributed by atoms with Gasteiger partial charge in [-0.2, -0.15) is 4.57 Å². The van der Waals surface area contributed by atoms with E-state index in [0.717, 1.165) is 30.7 Å². The molecular weight excluding hydrogens is 400 g/mol. The van der Waals surface area contributed by atoms with Crippen LogP contribution < -0.4 is 9.47 Å². The molecule has 2 heterocycles. The van der Waals surface area contributed by atoms with E-state index < -0.39 is 0 Å². The first-order valence-corrected chi connectivity index (χ1v) is 11.5. The first kappa shape index (κ1) is 19.9. The van der Waals surface area contributed by atoms with Gasteiger partial charge in [-0.3, -0.25) is 0 Å². The number of nitrogens with zero attached hydrogens (tertiary/aromatic N) is 2. The maximum atomic E-state index is 9.88. The van der Waals surface area contributed by atoms with Gasteiger partial charge in [-0.05, 0) is 56.2 Å². The highest BCUT2D eigenvalue weighted by atomic mass is 32.2. The van der Waals surface area contributed by atoms with Crippen LogP contribution >= 0.6 is 23.1 Å². The first-order chi connectivity index (χ1) is 14.0. The minimum Gasteiger partial charge on any atom is -0.508 e. The first-order valence-electron chi connectivity index (χ1n) is 9.90. The van der Waals surface area contributed by atoms with Crippen LogP contribution in [0.3, 0.4) is 0 Å². The highest BCUT2D eigenvalue weighted by Gasteiger charge is 2.25. The summed E-state index contributed by atoms with van der Waals surface area (Å²) in [7, 11) is 0. The maximum absolute atomic E-state index is 9.88. The van der Waals surface area contributed by atoms with Crippen molar-refractivity contribution in [2.24, 2.45) is 0 Å². The van der Waals surface area contributed by atoms with Gasteiger partial charge >= 0.3 is 0 Å². The molecule has 0 spiro atoms. The predicted octanol–water partition coefficient (Wildman–Crippen LogP) is 5.89. The highest BCUT2D eigenvalue weighted by Crippen LogP contribution is 2.47. The van der Waals surface area contributed by atoms with Gasteiger partial charge in [0.1, 0.15) is 22.7 Å². The van der Waals surface area contributed by atoms with Crippen molar-refractivity contribution in [1.29, 1.82) is 0 Å². The molecule has 4 rings (SSSR count). The summed E-state index contributed by atoms with van der Waals surface area (Å²) >= 11 is 3.49. The number of phenolic OH excluding ortho intramolecular Hbond substituents is 2. The zero-order chi connectivity index (χ0) is 20.5. The number of thiazole rings is 1. The average Bonchev–Trinajstić information content (AvgIpc) is 3.23. The Balaban J connectivity index is 1.75. The van der Waals surface area contributed by atoms with E-state index in [1.807, 2.05) is 24.3 Å². The molecule has 0 atom stereocenters. The Morgan fingerprint density at radius 1 is 1.07 bits per heavy atom. The summed E-state index contributed by atoms with van der Waals surface area (Å²) in [5, 5.41) is 22.1. The number of rotatable bonds is 5. The molecule has 1 aliphatic heterocycles. The molecule has 1 aliphatic rings. The van der Waals surface area contributed by atoms with E-state index in [-0.39, 0.29) is 0 Å². The molecule has 0 radical (unpaired) electrons. The standard InChI is InChI=1S/C23H24N2O2S2/c1-4-15(11-22-24(5-2)18-13-16(26)7-9-20(18)28-22)12-23-25(6-3)19-14-17(27)8-10-21(19)29-23/h7-14H,4-6H2,1-3H3,(H-,26,27)/p+1. The van der Waals surface area contributed by atoms with E-state index in [1.165, 1.54) is 25.2 Å². The van der Waals surface area contributed by atoms with Crippen molar-refractivity contribution in [2.75, 3.05) is 11.4 Å². The molecule has 0 fully saturated rings. The van der Waals surface area contributed by atoms with Gasteiger partial charge in [0.25, 0.3) is 5.01 Å². The van der Waals surface area contributed by atoms with Gasteiger partial charge in [0.2, 0.25) is 5.52 Å². The van der Waals surface area contributed by atoms with Gasteiger partial charge in [0.15, 0.2) is 0 Å². The summed E-state index contributed by atoms with van der Waals surface area (Å²) in [5.74, 6) is 0.598. The molecule has 29 heavy (non-hydrogen) atoms. The summed E-state index contributed by atoms with van der Waals surface area (Å²) < 4.78 is 3.42. The Labute approximate surface area is 179 Å². The summed E-state index contributed by atoms with van der Waals surface area (Å²) in [5.41, 5.74) is 3.39. The monoisotopic (exact) mass is 425 g/mol. The molecule has 2 N–H and O–H groups in total. The molecule has 1 aromatic heterocycles. The molecule has 2 aromatic carbocycles. The molecule has 3 aromatic rings. The minimum atomic E-state index is 0.299. The smallest absolute Gasteiger partial charge is 0.263 e. The van der Waals surface area contributed by atoms with E-state index in [4.69, 9.17) is 0 Å². The Hall–Kier alpha value is -2.44. The highest BCUT2D eigenvalue weighted by molar-refractivity contribution is 8.03. The third-order valence-corrected chi connectivity index (χ3v) is 7.31.